The number of hydrogen-bond acceptors (Lipinski definition) is 3. The predicted octanol–water partition coefficient (Wildman–Crippen LogP) is 5.27. The number of unbranched alkanes of at least 4 members (excludes halogenated alkanes) is 1. The maximum atomic E-state index is 11.2. The Morgan fingerprint density at radius 1 is 1.17 bits per heavy atom. The van der Waals surface area contributed by atoms with E-state index in [4.69, 9.17) is 27.9 Å². The Morgan fingerprint density at radius 2 is 1.96 bits per heavy atom. The summed E-state index contributed by atoms with van der Waals surface area (Å²) in [7, 11) is 0. The Balaban J connectivity index is 1.76. The molecular weight excluding hydrogens is 349 g/mol. The Hall–Kier alpha value is -1.91. The van der Waals surface area contributed by atoms with Gasteiger partial charge in [-0.1, -0.05) is 29.3 Å². The number of rotatable bonds is 8. The molecule has 0 aliphatic heterocycles. The number of aryl methyl sites for hydroxylation is 1. The summed E-state index contributed by atoms with van der Waals surface area (Å²) in [6, 6.07) is 10.4. The maximum absolute atomic E-state index is 11.2. The number of carboxylic acid groups (broad SMARTS) is 1. The number of para-hydroxylation sites is 1. The highest BCUT2D eigenvalue weighted by molar-refractivity contribution is 6.34. The molecule has 2 rings (SSSR count). The third kappa shape index (κ3) is 5.05. The fourth-order valence-electron chi connectivity index (χ4n) is 2.22. The fourth-order valence-corrected chi connectivity index (χ4v) is 2.58. The molecule has 0 heterocycles. The largest absolute Gasteiger partial charge is 0.494 e. The Morgan fingerprint density at radius 3 is 2.67 bits per heavy atom. The molecule has 2 aromatic rings. The average Bonchev–Trinajstić information content (AvgIpc) is 2.55. The zero-order chi connectivity index (χ0) is 17.5. The smallest absolute Gasteiger partial charge is 0.337 e. The van der Waals surface area contributed by atoms with Gasteiger partial charge in [-0.05, 0) is 55.7 Å². The van der Waals surface area contributed by atoms with E-state index >= 15 is 0 Å². The Bertz CT molecular complexity index is 719. The highest BCUT2D eigenvalue weighted by Gasteiger charge is 2.12. The fraction of sp³-hybridized carbons (Fsp3) is 0.278. The van der Waals surface area contributed by atoms with Gasteiger partial charge in [0.2, 0.25) is 0 Å². The molecule has 0 unspecified atom stereocenters. The first-order valence-corrected chi connectivity index (χ1v) is 8.39. The predicted molar refractivity (Wildman–Crippen MR) is 97.8 cm³/mol. The first kappa shape index (κ1) is 18.4. The summed E-state index contributed by atoms with van der Waals surface area (Å²) < 4.78 is 5.67. The van der Waals surface area contributed by atoms with Crippen LogP contribution < -0.4 is 10.1 Å². The molecule has 24 heavy (non-hydrogen) atoms. The number of hydrogen-bond donors (Lipinski definition) is 2. The van der Waals surface area contributed by atoms with Gasteiger partial charge in [-0.25, -0.2) is 4.79 Å². The Kier molecular flexibility index (Phi) is 6.76. The summed E-state index contributed by atoms with van der Waals surface area (Å²) in [5.41, 5.74) is 1.62. The zero-order valence-corrected chi connectivity index (χ0v) is 14.8. The monoisotopic (exact) mass is 367 g/mol. The molecule has 128 valence electrons. The number of ether oxygens (including phenoxy) is 1. The lowest BCUT2D eigenvalue weighted by Crippen LogP contribution is -2.09. The highest BCUT2D eigenvalue weighted by atomic mass is 35.5. The lowest BCUT2D eigenvalue weighted by atomic mass is 10.1. The van der Waals surface area contributed by atoms with Crippen LogP contribution in [0.1, 0.15) is 28.8 Å². The van der Waals surface area contributed by atoms with E-state index in [1.54, 1.807) is 12.1 Å². The van der Waals surface area contributed by atoms with Gasteiger partial charge in [-0.2, -0.15) is 0 Å². The topological polar surface area (TPSA) is 58.6 Å². The molecule has 0 aliphatic rings. The summed E-state index contributed by atoms with van der Waals surface area (Å²) in [4.78, 5) is 11.2. The molecule has 0 radical (unpaired) electrons. The van der Waals surface area contributed by atoms with Crippen molar-refractivity contribution in [3.63, 3.8) is 0 Å². The first-order valence-electron chi connectivity index (χ1n) is 7.63. The third-order valence-corrected chi connectivity index (χ3v) is 4.25. The summed E-state index contributed by atoms with van der Waals surface area (Å²) in [6.07, 6.45) is 1.67. The molecular formula is C18H19Cl2NO3. The van der Waals surface area contributed by atoms with Crippen molar-refractivity contribution in [3.05, 3.63) is 57.6 Å². The van der Waals surface area contributed by atoms with Crippen LogP contribution in [0.5, 0.6) is 5.75 Å². The van der Waals surface area contributed by atoms with Crippen LogP contribution in [0.15, 0.2) is 36.4 Å². The molecule has 6 heteroatoms. The van der Waals surface area contributed by atoms with Crippen molar-refractivity contribution in [2.24, 2.45) is 0 Å². The standard InChI is InChI=1S/C18H19Cl2NO3/c1-12-11-13(7-8-15(12)19)24-10-3-2-9-21-17-14(18(22)23)5-4-6-16(17)20/h4-8,11,21H,2-3,9-10H2,1H3,(H,22,23). The van der Waals surface area contributed by atoms with Crippen LogP contribution in [0.25, 0.3) is 0 Å². The van der Waals surface area contributed by atoms with Crippen molar-refractivity contribution in [2.75, 3.05) is 18.5 Å². The number of carbonyl (C=O) groups is 1. The van der Waals surface area contributed by atoms with Gasteiger partial charge in [0.05, 0.1) is 22.9 Å². The van der Waals surface area contributed by atoms with E-state index in [-0.39, 0.29) is 5.56 Å². The lowest BCUT2D eigenvalue weighted by molar-refractivity contribution is 0.0698. The molecule has 0 bridgehead atoms. The van der Waals surface area contributed by atoms with Gasteiger partial charge in [0.15, 0.2) is 0 Å². The molecule has 2 N–H and O–H groups in total. The molecule has 0 saturated heterocycles. The van der Waals surface area contributed by atoms with Gasteiger partial charge in [0, 0.05) is 11.6 Å². The highest BCUT2D eigenvalue weighted by Crippen LogP contribution is 2.26. The summed E-state index contributed by atoms with van der Waals surface area (Å²) in [6.45, 7) is 3.13. The first-order chi connectivity index (χ1) is 11.5. The van der Waals surface area contributed by atoms with Crippen molar-refractivity contribution < 1.29 is 14.6 Å². The number of benzene rings is 2. The molecule has 0 aliphatic carbocycles. The van der Waals surface area contributed by atoms with Crippen LogP contribution >= 0.6 is 23.2 Å². The zero-order valence-electron chi connectivity index (χ0n) is 13.3. The number of anilines is 1. The van der Waals surface area contributed by atoms with Crippen LogP contribution in [-0.4, -0.2) is 24.2 Å². The van der Waals surface area contributed by atoms with E-state index in [0.29, 0.717) is 23.9 Å². The molecule has 0 saturated carbocycles. The van der Waals surface area contributed by atoms with Crippen molar-refractivity contribution in [2.45, 2.75) is 19.8 Å². The van der Waals surface area contributed by atoms with E-state index < -0.39 is 5.97 Å². The quantitative estimate of drug-likeness (QED) is 0.623. The van der Waals surface area contributed by atoms with Crippen molar-refractivity contribution in [1.82, 2.24) is 0 Å². The molecule has 0 aromatic heterocycles. The van der Waals surface area contributed by atoms with Gasteiger partial charge in [-0.15, -0.1) is 0 Å². The van der Waals surface area contributed by atoms with Crippen LogP contribution in [0, 0.1) is 6.92 Å². The normalized spacial score (nSPS) is 10.5. The van der Waals surface area contributed by atoms with E-state index in [9.17, 15) is 9.90 Å². The SMILES string of the molecule is Cc1cc(OCCCCNc2c(Cl)cccc2C(=O)O)ccc1Cl. The minimum absolute atomic E-state index is 0.176. The van der Waals surface area contributed by atoms with E-state index in [2.05, 4.69) is 5.32 Å². The third-order valence-electron chi connectivity index (χ3n) is 3.52. The molecule has 0 spiro atoms. The van der Waals surface area contributed by atoms with Gasteiger partial charge in [0.1, 0.15) is 5.75 Å². The average molecular weight is 368 g/mol. The van der Waals surface area contributed by atoms with Crippen LogP contribution in [-0.2, 0) is 0 Å². The second-order valence-corrected chi connectivity index (χ2v) is 6.18. The van der Waals surface area contributed by atoms with Crippen LogP contribution in [0.2, 0.25) is 10.0 Å². The summed E-state index contributed by atoms with van der Waals surface area (Å²) in [5.74, 6) is -0.203. The Labute approximate surface area is 151 Å². The molecule has 0 amide bonds. The second kappa shape index (κ2) is 8.81. The molecule has 0 atom stereocenters. The van der Waals surface area contributed by atoms with E-state index in [1.807, 2.05) is 25.1 Å². The maximum Gasteiger partial charge on any atom is 0.337 e. The lowest BCUT2D eigenvalue weighted by Gasteiger charge is -2.12. The van der Waals surface area contributed by atoms with Crippen molar-refractivity contribution in [1.29, 1.82) is 0 Å². The summed E-state index contributed by atoms with van der Waals surface area (Å²) in [5, 5.41) is 13.4. The minimum Gasteiger partial charge on any atom is -0.494 e. The molecule has 0 fully saturated rings. The van der Waals surface area contributed by atoms with Gasteiger partial charge in [-0.3, -0.25) is 0 Å². The van der Waals surface area contributed by atoms with Crippen molar-refractivity contribution >= 4 is 34.9 Å². The number of nitrogens with one attached hydrogen (secondary N) is 1. The van der Waals surface area contributed by atoms with Crippen molar-refractivity contribution in [3.8, 4) is 5.75 Å². The summed E-state index contributed by atoms with van der Waals surface area (Å²) >= 11 is 12.0. The van der Waals surface area contributed by atoms with Crippen LogP contribution in [0.4, 0.5) is 5.69 Å². The van der Waals surface area contributed by atoms with Gasteiger partial charge >= 0.3 is 5.97 Å². The number of halogens is 2. The van der Waals surface area contributed by atoms with E-state index in [0.717, 1.165) is 29.2 Å². The molecule has 2 aromatic carbocycles. The molecule has 4 nitrogen and oxygen atoms in total. The number of carboxylic acids is 1. The second-order valence-electron chi connectivity index (χ2n) is 5.36. The van der Waals surface area contributed by atoms with Gasteiger partial charge < -0.3 is 15.2 Å². The minimum atomic E-state index is -0.999. The van der Waals surface area contributed by atoms with Crippen LogP contribution in [0.3, 0.4) is 0 Å². The van der Waals surface area contributed by atoms with E-state index in [1.165, 1.54) is 6.07 Å². The number of aromatic carboxylic acids is 1. The van der Waals surface area contributed by atoms with Gasteiger partial charge in [0.25, 0.3) is 0 Å².